The van der Waals surface area contributed by atoms with Gasteiger partial charge in [0.15, 0.2) is 0 Å². The molecule has 10 aromatic carbocycles. The van der Waals surface area contributed by atoms with Gasteiger partial charge < -0.3 is 8.98 Å². The van der Waals surface area contributed by atoms with Crippen LogP contribution in [0.3, 0.4) is 0 Å². The largest absolute Gasteiger partial charge is 0.456 e. The number of hydrogen-bond donors (Lipinski definition) is 0. The molecule has 59 heavy (non-hydrogen) atoms. The second kappa shape index (κ2) is 11.8. The number of para-hydroxylation sites is 1. The molecule has 1 aliphatic carbocycles. The molecular formula is C57H37NO. The highest BCUT2D eigenvalue weighted by atomic mass is 16.3. The van der Waals surface area contributed by atoms with Gasteiger partial charge in [-0.25, -0.2) is 0 Å². The first-order valence-electron chi connectivity index (χ1n) is 20.6. The van der Waals surface area contributed by atoms with Gasteiger partial charge in [-0.3, -0.25) is 0 Å². The summed E-state index contributed by atoms with van der Waals surface area (Å²) in [6.45, 7) is 4.76. The van der Waals surface area contributed by atoms with Gasteiger partial charge in [0.1, 0.15) is 11.2 Å². The average molecular weight is 752 g/mol. The fourth-order valence-corrected chi connectivity index (χ4v) is 10.6. The zero-order chi connectivity index (χ0) is 39.0. The number of aromatic nitrogens is 1. The maximum Gasteiger partial charge on any atom is 0.135 e. The Labute approximate surface area is 341 Å². The highest BCUT2D eigenvalue weighted by Crippen LogP contribution is 2.54. The molecule has 12 aromatic rings. The Hall–Kier alpha value is -7.42. The van der Waals surface area contributed by atoms with Gasteiger partial charge in [0.05, 0.1) is 11.0 Å². The van der Waals surface area contributed by atoms with Gasteiger partial charge in [-0.05, 0) is 131 Å². The lowest BCUT2D eigenvalue weighted by Crippen LogP contribution is -2.15. The lowest BCUT2D eigenvalue weighted by molar-refractivity contribution is 0.656. The lowest BCUT2D eigenvalue weighted by Gasteiger charge is -2.23. The molecule has 0 spiro atoms. The monoisotopic (exact) mass is 751 g/mol. The number of hydrogen-bond acceptors (Lipinski definition) is 1. The Morgan fingerprint density at radius 1 is 0.373 bits per heavy atom. The molecule has 0 unspecified atom stereocenters. The van der Waals surface area contributed by atoms with Crippen LogP contribution in [-0.4, -0.2) is 4.57 Å². The molecule has 0 radical (unpaired) electrons. The van der Waals surface area contributed by atoms with Crippen LogP contribution in [0.1, 0.15) is 25.0 Å². The van der Waals surface area contributed by atoms with Crippen molar-refractivity contribution in [3.63, 3.8) is 0 Å². The maximum atomic E-state index is 6.38. The molecule has 0 saturated heterocycles. The van der Waals surface area contributed by atoms with Crippen LogP contribution < -0.4 is 0 Å². The Balaban J connectivity index is 1.03. The third kappa shape index (κ3) is 4.52. The maximum absolute atomic E-state index is 6.38. The molecule has 0 aliphatic heterocycles. The van der Waals surface area contributed by atoms with Crippen LogP contribution in [0, 0.1) is 0 Å². The number of rotatable bonds is 3. The third-order valence-corrected chi connectivity index (χ3v) is 13.3. The summed E-state index contributed by atoms with van der Waals surface area (Å²) < 4.78 is 8.86. The Kier molecular flexibility index (Phi) is 6.54. The normalized spacial score (nSPS) is 13.4. The minimum Gasteiger partial charge on any atom is -0.456 e. The van der Waals surface area contributed by atoms with E-state index < -0.39 is 0 Å². The molecule has 0 amide bonds. The summed E-state index contributed by atoms with van der Waals surface area (Å²) >= 11 is 0. The molecule has 0 N–H and O–H groups in total. The Morgan fingerprint density at radius 3 is 1.58 bits per heavy atom. The Bertz CT molecular complexity index is 3710. The minimum absolute atomic E-state index is 0.231. The zero-order valence-electron chi connectivity index (χ0n) is 32.8. The Morgan fingerprint density at radius 2 is 0.898 bits per heavy atom. The summed E-state index contributed by atoms with van der Waals surface area (Å²) in [6.07, 6.45) is 0. The number of nitrogens with zero attached hydrogens (tertiary/aromatic N) is 1. The first-order valence-corrected chi connectivity index (χ1v) is 20.6. The number of benzene rings is 10. The molecular weight excluding hydrogens is 715 g/mol. The van der Waals surface area contributed by atoms with Crippen LogP contribution in [0.2, 0.25) is 0 Å². The lowest BCUT2D eigenvalue weighted by atomic mass is 9.80. The number of furan rings is 1. The molecule has 0 atom stereocenters. The van der Waals surface area contributed by atoms with Gasteiger partial charge in [0.2, 0.25) is 0 Å². The highest BCUT2D eigenvalue weighted by Gasteiger charge is 2.38. The summed E-state index contributed by atoms with van der Waals surface area (Å²) in [5.74, 6) is 0. The summed E-state index contributed by atoms with van der Waals surface area (Å²) in [5.41, 5.74) is 15.4. The average Bonchev–Trinajstić information content (AvgIpc) is 3.91. The van der Waals surface area contributed by atoms with Gasteiger partial charge in [-0.15, -0.1) is 0 Å². The van der Waals surface area contributed by atoms with Gasteiger partial charge in [0.25, 0.3) is 0 Å². The SMILES string of the molecule is CC1(C)c2cc(-n3c4ccc(-c5ccccc5)cc4c4cc(-c5ccc6c7ccccc7c7ccccc7c6c5)ccc43)ccc2-c2ccc3oc4ccccc4c3c21. The molecule has 2 aromatic heterocycles. The quantitative estimate of drug-likeness (QED) is 0.164. The van der Waals surface area contributed by atoms with Crippen LogP contribution in [0.15, 0.2) is 192 Å². The predicted octanol–water partition coefficient (Wildman–Crippen LogP) is 15.8. The summed E-state index contributed by atoms with van der Waals surface area (Å²) in [6, 6.07) is 69.4. The molecule has 2 nitrogen and oxygen atoms in total. The van der Waals surface area contributed by atoms with Crippen LogP contribution in [0.5, 0.6) is 0 Å². The fraction of sp³-hybridized carbons (Fsp3) is 0.0526. The van der Waals surface area contributed by atoms with E-state index in [4.69, 9.17) is 4.42 Å². The zero-order valence-corrected chi connectivity index (χ0v) is 32.8. The molecule has 2 heteroatoms. The molecule has 1 aliphatic rings. The van der Waals surface area contributed by atoms with E-state index >= 15 is 0 Å². The predicted molar refractivity (Wildman–Crippen MR) is 249 cm³/mol. The van der Waals surface area contributed by atoms with E-state index in [1.165, 1.54) is 115 Å². The highest BCUT2D eigenvalue weighted by molar-refractivity contribution is 6.26. The van der Waals surface area contributed by atoms with E-state index in [-0.39, 0.29) is 5.41 Å². The van der Waals surface area contributed by atoms with E-state index in [9.17, 15) is 0 Å². The van der Waals surface area contributed by atoms with Gasteiger partial charge >= 0.3 is 0 Å². The van der Waals surface area contributed by atoms with E-state index in [2.05, 4.69) is 206 Å². The molecule has 13 rings (SSSR count). The van der Waals surface area contributed by atoms with Crippen molar-refractivity contribution in [2.75, 3.05) is 0 Å². The first-order chi connectivity index (χ1) is 29.0. The van der Waals surface area contributed by atoms with Crippen LogP contribution in [0.25, 0.3) is 115 Å². The summed E-state index contributed by atoms with van der Waals surface area (Å²) in [7, 11) is 0. The third-order valence-electron chi connectivity index (χ3n) is 13.3. The standard InChI is InChI=1S/C57H37NO/c1-57(2)50-33-38(23-25-44(50)45-26-29-54-55(56(45)57)46-18-10-11-19-53(46)59-54)58-51-27-21-35(34-12-4-3-5-13-34)31-48(51)49-32-37(22-28-52(49)58)36-20-24-43-41-16-7-6-14-39(41)40-15-8-9-17-42(40)47(43)30-36/h3-33H,1-2H3. The second-order valence-electron chi connectivity index (χ2n) is 16.8. The first kappa shape index (κ1) is 32.6. The van der Waals surface area contributed by atoms with Crippen molar-refractivity contribution in [3.05, 3.63) is 199 Å². The van der Waals surface area contributed by atoms with Crippen LogP contribution >= 0.6 is 0 Å². The van der Waals surface area contributed by atoms with Crippen molar-refractivity contribution in [2.45, 2.75) is 19.3 Å². The van der Waals surface area contributed by atoms with Gasteiger partial charge in [-0.1, -0.05) is 147 Å². The summed E-state index contributed by atoms with van der Waals surface area (Å²) in [5, 5.41) is 12.7. The van der Waals surface area contributed by atoms with Gasteiger partial charge in [-0.2, -0.15) is 0 Å². The molecule has 0 bridgehead atoms. The molecule has 0 saturated carbocycles. The van der Waals surface area contributed by atoms with Crippen LogP contribution in [-0.2, 0) is 5.41 Å². The second-order valence-corrected chi connectivity index (χ2v) is 16.8. The minimum atomic E-state index is -0.231. The smallest absolute Gasteiger partial charge is 0.135 e. The van der Waals surface area contributed by atoms with E-state index in [0.29, 0.717) is 0 Å². The van der Waals surface area contributed by atoms with Crippen molar-refractivity contribution >= 4 is 76.1 Å². The summed E-state index contributed by atoms with van der Waals surface area (Å²) in [4.78, 5) is 0. The van der Waals surface area contributed by atoms with Crippen molar-refractivity contribution in [1.29, 1.82) is 0 Å². The van der Waals surface area contributed by atoms with Crippen molar-refractivity contribution < 1.29 is 4.42 Å². The van der Waals surface area contributed by atoms with Crippen molar-refractivity contribution in [1.82, 2.24) is 4.57 Å². The molecule has 0 fully saturated rings. The number of fused-ring (bicyclic) bond motifs is 16. The van der Waals surface area contributed by atoms with Crippen molar-refractivity contribution in [2.24, 2.45) is 0 Å². The van der Waals surface area contributed by atoms with E-state index in [0.717, 1.165) is 11.2 Å². The van der Waals surface area contributed by atoms with Crippen molar-refractivity contribution in [3.8, 4) is 39.1 Å². The topological polar surface area (TPSA) is 18.1 Å². The molecule has 276 valence electrons. The fourth-order valence-electron chi connectivity index (χ4n) is 10.6. The van der Waals surface area contributed by atoms with Crippen LogP contribution in [0.4, 0.5) is 0 Å². The van der Waals surface area contributed by atoms with E-state index in [1.54, 1.807) is 0 Å². The van der Waals surface area contributed by atoms with Gasteiger partial charge in [0, 0.05) is 32.6 Å². The van der Waals surface area contributed by atoms with E-state index in [1.807, 2.05) is 0 Å². The molecule has 2 heterocycles.